The molecule has 0 fully saturated rings. The number of allylic oxidation sites excluding steroid dienone is 6. The van der Waals surface area contributed by atoms with Crippen molar-refractivity contribution in [1.82, 2.24) is 0 Å². The van der Waals surface area contributed by atoms with Crippen molar-refractivity contribution in [2.75, 3.05) is 11.5 Å². The average Bonchev–Trinajstić information content (AvgIpc) is 2.75. The molecule has 0 aromatic rings. The van der Waals surface area contributed by atoms with Gasteiger partial charge in [0.05, 0.1) is 0 Å². The lowest BCUT2D eigenvalue weighted by Crippen LogP contribution is -2.02. The largest absolute Gasteiger partial charge is 0.481 e. The summed E-state index contributed by atoms with van der Waals surface area (Å²) in [7, 11) is 0. The molecule has 184 valence electrons. The Labute approximate surface area is 205 Å². The Morgan fingerprint density at radius 1 is 0.656 bits per heavy atom. The van der Waals surface area contributed by atoms with Crippen LogP contribution in [0.25, 0.3) is 0 Å². The van der Waals surface area contributed by atoms with Crippen LogP contribution in [0.4, 0.5) is 0 Å². The van der Waals surface area contributed by atoms with E-state index in [2.05, 4.69) is 49.1 Å². The standard InChI is InChI=1S/C26H44O4S2/c27-25(28)19-14-12-10-8-6-4-2-1-3-5-7-9-11-13-17-22-32-23-21-24(31)18-15-16-20-26(29)30/h1-2,5-8,24,31H,3-4,9-23H2,(H,27,28)(H,29,30)/b2-1-,7-5-,8-6-. The molecular weight excluding hydrogens is 440 g/mol. The second-order valence-corrected chi connectivity index (χ2v) is 10.0. The molecule has 0 amide bonds. The smallest absolute Gasteiger partial charge is 0.303 e. The third-order valence-corrected chi connectivity index (χ3v) is 6.61. The Kier molecular flexibility index (Phi) is 23.6. The lowest BCUT2D eigenvalue weighted by Gasteiger charge is -2.09. The molecule has 0 rings (SSSR count). The first-order valence-corrected chi connectivity index (χ1v) is 13.8. The van der Waals surface area contributed by atoms with Gasteiger partial charge in [-0.05, 0) is 82.1 Å². The number of thioether (sulfide) groups is 1. The monoisotopic (exact) mass is 484 g/mol. The average molecular weight is 485 g/mol. The van der Waals surface area contributed by atoms with Crippen LogP contribution < -0.4 is 0 Å². The van der Waals surface area contributed by atoms with Crippen molar-refractivity contribution >= 4 is 36.3 Å². The maximum atomic E-state index is 10.5. The molecule has 0 aliphatic rings. The van der Waals surface area contributed by atoms with Crippen LogP contribution in [0.3, 0.4) is 0 Å². The van der Waals surface area contributed by atoms with Gasteiger partial charge < -0.3 is 10.2 Å². The first-order valence-electron chi connectivity index (χ1n) is 12.2. The Hall–Kier alpha value is -1.14. The maximum Gasteiger partial charge on any atom is 0.303 e. The Morgan fingerprint density at radius 3 is 1.78 bits per heavy atom. The fourth-order valence-corrected chi connectivity index (χ4v) is 4.63. The maximum absolute atomic E-state index is 10.5. The summed E-state index contributed by atoms with van der Waals surface area (Å²) in [4.78, 5) is 20.9. The summed E-state index contributed by atoms with van der Waals surface area (Å²) in [5.41, 5.74) is 0. The molecule has 0 saturated heterocycles. The van der Waals surface area contributed by atoms with Crippen molar-refractivity contribution < 1.29 is 19.8 Å². The first-order chi connectivity index (χ1) is 15.5. The summed E-state index contributed by atoms with van der Waals surface area (Å²) in [6, 6.07) is 0. The minimum atomic E-state index is -0.706. The van der Waals surface area contributed by atoms with Gasteiger partial charge in [-0.1, -0.05) is 49.3 Å². The van der Waals surface area contributed by atoms with Gasteiger partial charge in [0, 0.05) is 18.1 Å². The van der Waals surface area contributed by atoms with Crippen molar-refractivity contribution in [3.63, 3.8) is 0 Å². The highest BCUT2D eigenvalue weighted by molar-refractivity contribution is 7.99. The van der Waals surface area contributed by atoms with Gasteiger partial charge in [0.1, 0.15) is 0 Å². The molecule has 4 nitrogen and oxygen atoms in total. The predicted octanol–water partition coefficient (Wildman–Crippen LogP) is 7.71. The zero-order valence-corrected chi connectivity index (χ0v) is 21.3. The molecule has 0 spiro atoms. The Balaban J connectivity index is 3.34. The summed E-state index contributed by atoms with van der Waals surface area (Å²) in [6.07, 6.45) is 27.2. The van der Waals surface area contributed by atoms with Crippen molar-refractivity contribution in [2.24, 2.45) is 0 Å². The molecule has 0 aromatic carbocycles. The van der Waals surface area contributed by atoms with E-state index in [1.807, 2.05) is 11.8 Å². The van der Waals surface area contributed by atoms with Crippen molar-refractivity contribution in [2.45, 2.75) is 102 Å². The van der Waals surface area contributed by atoms with E-state index in [-0.39, 0.29) is 12.8 Å². The van der Waals surface area contributed by atoms with Crippen LogP contribution in [0.5, 0.6) is 0 Å². The van der Waals surface area contributed by atoms with Gasteiger partial charge in [-0.3, -0.25) is 9.59 Å². The Bertz CT molecular complexity index is 544. The van der Waals surface area contributed by atoms with Crippen LogP contribution in [0, 0.1) is 0 Å². The molecule has 0 aliphatic carbocycles. The molecule has 0 heterocycles. The lowest BCUT2D eigenvalue weighted by atomic mass is 10.1. The molecule has 0 radical (unpaired) electrons. The van der Waals surface area contributed by atoms with Gasteiger partial charge in [0.25, 0.3) is 0 Å². The quantitative estimate of drug-likeness (QED) is 0.0786. The summed E-state index contributed by atoms with van der Waals surface area (Å²) in [5, 5.41) is 17.6. The summed E-state index contributed by atoms with van der Waals surface area (Å²) in [6.45, 7) is 0. The van der Waals surface area contributed by atoms with Gasteiger partial charge in [-0.2, -0.15) is 24.4 Å². The molecule has 32 heavy (non-hydrogen) atoms. The second-order valence-electron chi connectivity index (χ2n) is 8.07. The molecule has 0 bridgehead atoms. The van der Waals surface area contributed by atoms with Gasteiger partial charge in [0.2, 0.25) is 0 Å². The zero-order chi connectivity index (χ0) is 23.7. The number of hydrogen-bond acceptors (Lipinski definition) is 4. The van der Waals surface area contributed by atoms with Crippen LogP contribution >= 0.6 is 24.4 Å². The van der Waals surface area contributed by atoms with E-state index in [0.717, 1.165) is 70.0 Å². The van der Waals surface area contributed by atoms with E-state index in [9.17, 15) is 9.59 Å². The molecule has 1 atom stereocenters. The van der Waals surface area contributed by atoms with Crippen molar-refractivity contribution in [3.05, 3.63) is 36.5 Å². The minimum absolute atomic E-state index is 0.274. The highest BCUT2D eigenvalue weighted by atomic mass is 32.2. The molecule has 1 unspecified atom stereocenters. The first kappa shape index (κ1) is 30.9. The topological polar surface area (TPSA) is 74.6 Å². The highest BCUT2D eigenvalue weighted by Crippen LogP contribution is 2.16. The lowest BCUT2D eigenvalue weighted by molar-refractivity contribution is -0.138. The fraction of sp³-hybridized carbons (Fsp3) is 0.692. The molecule has 6 heteroatoms. The summed E-state index contributed by atoms with van der Waals surface area (Å²) >= 11 is 6.62. The normalized spacial score (nSPS) is 12.9. The number of rotatable bonds is 23. The molecule has 0 saturated carbocycles. The number of carboxylic acids is 2. The number of carbonyl (C=O) groups is 2. The van der Waals surface area contributed by atoms with E-state index in [0.29, 0.717) is 5.25 Å². The van der Waals surface area contributed by atoms with E-state index in [4.69, 9.17) is 10.2 Å². The fourth-order valence-electron chi connectivity index (χ4n) is 3.08. The third-order valence-electron chi connectivity index (χ3n) is 4.99. The molecule has 0 aliphatic heterocycles. The van der Waals surface area contributed by atoms with Crippen molar-refractivity contribution in [1.29, 1.82) is 0 Å². The van der Waals surface area contributed by atoms with Gasteiger partial charge in [-0.25, -0.2) is 0 Å². The van der Waals surface area contributed by atoms with Crippen LogP contribution in [0.2, 0.25) is 0 Å². The number of unbranched alkanes of at least 4 members (excludes halogenated alkanes) is 6. The molecule has 0 aromatic heterocycles. The number of carboxylic acid groups (broad SMARTS) is 2. The summed E-state index contributed by atoms with van der Waals surface area (Å²) < 4.78 is 0. The number of aliphatic carboxylic acids is 2. The Morgan fingerprint density at radius 2 is 1.19 bits per heavy atom. The summed E-state index contributed by atoms with van der Waals surface area (Å²) in [5.74, 6) is 0.965. The van der Waals surface area contributed by atoms with Gasteiger partial charge in [-0.15, -0.1) is 0 Å². The second kappa shape index (κ2) is 24.5. The third kappa shape index (κ3) is 26.9. The van der Waals surface area contributed by atoms with Crippen LogP contribution in [-0.2, 0) is 9.59 Å². The van der Waals surface area contributed by atoms with E-state index >= 15 is 0 Å². The van der Waals surface area contributed by atoms with E-state index < -0.39 is 11.9 Å². The predicted molar refractivity (Wildman–Crippen MR) is 142 cm³/mol. The molecular formula is C26H44O4S2. The zero-order valence-electron chi connectivity index (χ0n) is 19.6. The SMILES string of the molecule is O=C(O)CCCC/C=C\C/C=C\C/C=C\CCCCCSCCC(S)CCCCC(=O)O. The molecule has 2 N–H and O–H groups in total. The number of thiol groups is 1. The van der Waals surface area contributed by atoms with Gasteiger partial charge >= 0.3 is 11.9 Å². The number of hydrogen-bond donors (Lipinski definition) is 3. The van der Waals surface area contributed by atoms with Crippen molar-refractivity contribution in [3.8, 4) is 0 Å². The van der Waals surface area contributed by atoms with Crippen LogP contribution in [-0.4, -0.2) is 38.9 Å². The van der Waals surface area contributed by atoms with Crippen LogP contribution in [0.1, 0.15) is 96.3 Å². The minimum Gasteiger partial charge on any atom is -0.481 e. The van der Waals surface area contributed by atoms with Crippen LogP contribution in [0.15, 0.2) is 36.5 Å². The van der Waals surface area contributed by atoms with Gasteiger partial charge in [0.15, 0.2) is 0 Å². The van der Waals surface area contributed by atoms with E-state index in [1.54, 1.807) is 0 Å². The highest BCUT2D eigenvalue weighted by Gasteiger charge is 2.04. The van der Waals surface area contributed by atoms with E-state index in [1.165, 1.54) is 25.0 Å².